The van der Waals surface area contributed by atoms with E-state index in [0.717, 1.165) is 25.9 Å². The summed E-state index contributed by atoms with van der Waals surface area (Å²) in [5.41, 5.74) is 0.654. The number of nitrogens with zero attached hydrogens (tertiary/aromatic N) is 3. The first kappa shape index (κ1) is 13.8. The zero-order valence-electron chi connectivity index (χ0n) is 11.7. The number of aromatic nitrogens is 2. The first-order valence-corrected chi connectivity index (χ1v) is 6.55. The molecule has 2 heterocycles. The Morgan fingerprint density at radius 2 is 2.37 bits per heavy atom. The molecule has 0 aliphatic carbocycles. The van der Waals surface area contributed by atoms with E-state index < -0.39 is 0 Å². The third-order valence-electron chi connectivity index (χ3n) is 3.74. The predicted molar refractivity (Wildman–Crippen MR) is 73.3 cm³/mol. The molecule has 2 rings (SSSR count). The van der Waals surface area contributed by atoms with Crippen LogP contribution in [0.2, 0.25) is 0 Å². The lowest BCUT2D eigenvalue weighted by Gasteiger charge is -2.34. The van der Waals surface area contributed by atoms with Crippen LogP contribution in [-0.2, 0) is 7.05 Å². The van der Waals surface area contributed by atoms with Gasteiger partial charge in [-0.05, 0) is 31.7 Å². The predicted octanol–water partition coefficient (Wildman–Crippen LogP) is 1.44. The Bertz CT molecular complexity index is 477. The third kappa shape index (κ3) is 2.86. The average molecular weight is 267 g/mol. The van der Waals surface area contributed by atoms with Gasteiger partial charge in [-0.2, -0.15) is 5.10 Å². The summed E-state index contributed by atoms with van der Waals surface area (Å²) in [5, 5.41) is 21.8. The Hall–Kier alpha value is -1.63. The van der Waals surface area contributed by atoms with Crippen molar-refractivity contribution in [3.05, 3.63) is 15.8 Å². The summed E-state index contributed by atoms with van der Waals surface area (Å²) in [6.45, 7) is 6.55. The molecule has 1 saturated heterocycles. The number of nitrogens with one attached hydrogen (secondary N) is 2. The van der Waals surface area contributed by atoms with Crippen molar-refractivity contribution in [2.24, 2.45) is 12.5 Å². The molecular formula is C12H21N5O2. The molecule has 106 valence electrons. The Morgan fingerprint density at radius 1 is 1.63 bits per heavy atom. The number of hydrogen-bond donors (Lipinski definition) is 2. The zero-order valence-corrected chi connectivity index (χ0v) is 11.7. The number of piperidine rings is 1. The van der Waals surface area contributed by atoms with Crippen LogP contribution >= 0.6 is 0 Å². The standard InChI is InChI=1S/C12H21N5O2/c1-9-10(17(18)19)11(16(3)15-9)14-8-12(2)5-4-6-13-7-12/h13-14H,4-8H2,1-3H3. The van der Waals surface area contributed by atoms with Crippen molar-refractivity contribution in [2.45, 2.75) is 26.7 Å². The van der Waals surface area contributed by atoms with Gasteiger partial charge in [-0.25, -0.2) is 4.68 Å². The first-order valence-electron chi connectivity index (χ1n) is 6.55. The van der Waals surface area contributed by atoms with Crippen molar-refractivity contribution >= 4 is 11.5 Å². The highest BCUT2D eigenvalue weighted by Crippen LogP contribution is 2.30. The highest BCUT2D eigenvalue weighted by Gasteiger charge is 2.29. The normalized spacial score (nSPS) is 23.3. The second kappa shape index (κ2) is 5.16. The molecule has 2 N–H and O–H groups in total. The first-order chi connectivity index (χ1) is 8.93. The molecule has 0 saturated carbocycles. The van der Waals surface area contributed by atoms with Crippen molar-refractivity contribution in [3.8, 4) is 0 Å². The van der Waals surface area contributed by atoms with Crippen molar-refractivity contribution in [2.75, 3.05) is 25.0 Å². The Kier molecular flexibility index (Phi) is 3.75. The Labute approximate surface area is 112 Å². The fourth-order valence-electron chi connectivity index (χ4n) is 2.63. The lowest BCUT2D eigenvalue weighted by molar-refractivity contribution is -0.384. The van der Waals surface area contributed by atoms with Crippen LogP contribution in [0.4, 0.5) is 11.5 Å². The lowest BCUT2D eigenvalue weighted by atomic mass is 9.83. The smallest absolute Gasteiger partial charge is 0.333 e. The number of aryl methyl sites for hydroxylation is 2. The fraction of sp³-hybridized carbons (Fsp3) is 0.750. The zero-order chi connectivity index (χ0) is 14.0. The number of anilines is 1. The maximum atomic E-state index is 11.1. The summed E-state index contributed by atoms with van der Waals surface area (Å²) in [7, 11) is 1.73. The van der Waals surface area contributed by atoms with E-state index in [1.807, 2.05) is 0 Å². The molecule has 19 heavy (non-hydrogen) atoms. The molecule has 1 aromatic heterocycles. The molecule has 0 spiro atoms. The van der Waals surface area contributed by atoms with Crippen LogP contribution in [0.1, 0.15) is 25.5 Å². The van der Waals surface area contributed by atoms with Gasteiger partial charge in [0.1, 0.15) is 5.69 Å². The van der Waals surface area contributed by atoms with Crippen LogP contribution in [0.15, 0.2) is 0 Å². The van der Waals surface area contributed by atoms with Crippen LogP contribution in [0.5, 0.6) is 0 Å². The van der Waals surface area contributed by atoms with Gasteiger partial charge < -0.3 is 10.6 Å². The van der Waals surface area contributed by atoms with Gasteiger partial charge in [0.2, 0.25) is 5.82 Å². The average Bonchev–Trinajstić information content (AvgIpc) is 2.62. The molecule has 0 aromatic carbocycles. The van der Waals surface area contributed by atoms with E-state index in [9.17, 15) is 10.1 Å². The van der Waals surface area contributed by atoms with E-state index in [0.29, 0.717) is 18.1 Å². The number of rotatable bonds is 4. The van der Waals surface area contributed by atoms with E-state index in [4.69, 9.17) is 0 Å². The van der Waals surface area contributed by atoms with Crippen molar-refractivity contribution in [3.63, 3.8) is 0 Å². The van der Waals surface area contributed by atoms with Crippen molar-refractivity contribution < 1.29 is 4.92 Å². The summed E-state index contributed by atoms with van der Waals surface area (Å²) < 4.78 is 1.55. The molecule has 1 aliphatic heterocycles. The highest BCUT2D eigenvalue weighted by atomic mass is 16.6. The number of nitro groups is 1. The topological polar surface area (TPSA) is 85.0 Å². The molecule has 1 atom stereocenters. The molecular weight excluding hydrogens is 246 g/mol. The minimum Gasteiger partial charge on any atom is -0.364 e. The van der Waals surface area contributed by atoms with Gasteiger partial charge in [-0.15, -0.1) is 0 Å². The molecule has 1 unspecified atom stereocenters. The van der Waals surface area contributed by atoms with Crippen molar-refractivity contribution in [1.29, 1.82) is 0 Å². The Morgan fingerprint density at radius 3 is 2.95 bits per heavy atom. The van der Waals surface area contributed by atoms with Gasteiger partial charge in [0.25, 0.3) is 0 Å². The van der Waals surface area contributed by atoms with Gasteiger partial charge in [0, 0.05) is 20.1 Å². The molecule has 7 nitrogen and oxygen atoms in total. The number of hydrogen-bond acceptors (Lipinski definition) is 5. The summed E-state index contributed by atoms with van der Waals surface area (Å²) in [6, 6.07) is 0. The third-order valence-corrected chi connectivity index (χ3v) is 3.74. The molecule has 1 fully saturated rings. The van der Waals surface area contributed by atoms with Crippen LogP contribution in [0, 0.1) is 22.5 Å². The Balaban J connectivity index is 2.13. The van der Waals surface area contributed by atoms with E-state index in [1.54, 1.807) is 18.7 Å². The highest BCUT2D eigenvalue weighted by molar-refractivity contribution is 5.59. The van der Waals surface area contributed by atoms with Crippen LogP contribution in [0.25, 0.3) is 0 Å². The van der Waals surface area contributed by atoms with E-state index in [2.05, 4.69) is 22.7 Å². The van der Waals surface area contributed by atoms with Gasteiger partial charge in [-0.3, -0.25) is 10.1 Å². The van der Waals surface area contributed by atoms with Crippen LogP contribution < -0.4 is 10.6 Å². The molecule has 1 aromatic rings. The minimum absolute atomic E-state index is 0.0786. The van der Waals surface area contributed by atoms with Crippen molar-refractivity contribution in [1.82, 2.24) is 15.1 Å². The molecule has 1 aliphatic rings. The second-order valence-electron chi connectivity index (χ2n) is 5.61. The summed E-state index contributed by atoms with van der Waals surface area (Å²) in [4.78, 5) is 10.7. The molecule has 0 radical (unpaired) electrons. The summed E-state index contributed by atoms with van der Waals surface area (Å²) in [6.07, 6.45) is 2.27. The van der Waals surface area contributed by atoms with Gasteiger partial charge >= 0.3 is 5.69 Å². The van der Waals surface area contributed by atoms with Gasteiger partial charge in [0.15, 0.2) is 0 Å². The summed E-state index contributed by atoms with van der Waals surface area (Å²) in [5.74, 6) is 0.495. The second-order valence-corrected chi connectivity index (χ2v) is 5.61. The lowest BCUT2D eigenvalue weighted by Crippen LogP contribution is -2.42. The van der Waals surface area contributed by atoms with Crippen LogP contribution in [-0.4, -0.2) is 34.3 Å². The fourth-order valence-corrected chi connectivity index (χ4v) is 2.63. The maximum absolute atomic E-state index is 11.1. The molecule has 0 amide bonds. The van der Waals surface area contributed by atoms with Gasteiger partial charge in [0.05, 0.1) is 4.92 Å². The van der Waals surface area contributed by atoms with E-state index >= 15 is 0 Å². The SMILES string of the molecule is Cc1nn(C)c(NCC2(C)CCCNC2)c1[N+](=O)[O-]. The van der Waals surface area contributed by atoms with E-state index in [-0.39, 0.29) is 16.0 Å². The van der Waals surface area contributed by atoms with Gasteiger partial charge in [-0.1, -0.05) is 6.92 Å². The summed E-state index contributed by atoms with van der Waals surface area (Å²) >= 11 is 0. The largest absolute Gasteiger partial charge is 0.364 e. The maximum Gasteiger partial charge on any atom is 0.333 e. The molecule has 7 heteroatoms. The van der Waals surface area contributed by atoms with E-state index in [1.165, 1.54) is 0 Å². The minimum atomic E-state index is -0.369. The van der Waals surface area contributed by atoms with Crippen LogP contribution in [0.3, 0.4) is 0 Å². The molecule has 0 bridgehead atoms. The monoisotopic (exact) mass is 267 g/mol. The quantitative estimate of drug-likeness (QED) is 0.637.